The van der Waals surface area contributed by atoms with Crippen molar-refractivity contribution < 1.29 is 0 Å². The van der Waals surface area contributed by atoms with Crippen LogP contribution in [0.2, 0.25) is 0 Å². The van der Waals surface area contributed by atoms with Gasteiger partial charge in [-0.3, -0.25) is 0 Å². The maximum Gasteiger partial charge on any atom is 0.246 e. The lowest BCUT2D eigenvalue weighted by Gasteiger charge is -2.25. The summed E-state index contributed by atoms with van der Waals surface area (Å²) >= 11 is 0. The summed E-state index contributed by atoms with van der Waals surface area (Å²) in [6.07, 6.45) is 0. The third kappa shape index (κ3) is 1.72. The lowest BCUT2D eigenvalue weighted by molar-refractivity contribution is 0.580. The van der Waals surface area contributed by atoms with Crippen molar-refractivity contribution in [3.05, 3.63) is 0 Å². The normalized spacial score (nSPS) is 17.5. The summed E-state index contributed by atoms with van der Waals surface area (Å²) in [5.41, 5.74) is 0. The Morgan fingerprint density at radius 3 is 2.77 bits per heavy atom. The van der Waals surface area contributed by atoms with Gasteiger partial charge in [-0.1, -0.05) is 0 Å². The van der Waals surface area contributed by atoms with E-state index in [9.17, 15) is 0 Å². The molecule has 0 unspecified atom stereocenters. The van der Waals surface area contributed by atoms with Crippen molar-refractivity contribution in [2.24, 2.45) is 0 Å². The van der Waals surface area contributed by atoms with Crippen LogP contribution in [0.3, 0.4) is 0 Å². The Kier molecular flexibility index (Phi) is 2.31. The topological polar surface area (TPSA) is 68.9 Å². The smallest absolute Gasteiger partial charge is 0.246 e. The highest BCUT2D eigenvalue weighted by atomic mass is 15.4. The third-order valence-corrected chi connectivity index (χ3v) is 2.11. The molecular weight excluding hydrogens is 168 g/mol. The van der Waals surface area contributed by atoms with E-state index in [4.69, 9.17) is 0 Å². The zero-order valence-electron chi connectivity index (χ0n) is 7.67. The van der Waals surface area contributed by atoms with E-state index in [0.29, 0.717) is 5.95 Å². The number of rotatable bonds is 2. The average molecular weight is 182 g/mol. The van der Waals surface area contributed by atoms with E-state index in [2.05, 4.69) is 30.7 Å². The molecule has 0 amide bonds. The molecular formula is C7H14N6. The zero-order valence-corrected chi connectivity index (χ0v) is 7.67. The van der Waals surface area contributed by atoms with Crippen LogP contribution >= 0.6 is 0 Å². The van der Waals surface area contributed by atoms with E-state index in [1.54, 1.807) is 0 Å². The van der Waals surface area contributed by atoms with Gasteiger partial charge in [-0.2, -0.15) is 4.98 Å². The number of anilines is 2. The standard InChI is InChI=1S/C7H14N6/c1-8-6-10-7(12-11-6)13-4-2-9-3-5-13/h9H,2-5H2,1H3,(H2,8,10,11,12). The Balaban J connectivity index is 2.05. The molecule has 0 saturated carbocycles. The number of nitrogens with zero attached hydrogens (tertiary/aromatic N) is 3. The van der Waals surface area contributed by atoms with Crippen molar-refractivity contribution >= 4 is 11.9 Å². The van der Waals surface area contributed by atoms with Crippen molar-refractivity contribution in [3.8, 4) is 0 Å². The number of nitrogens with one attached hydrogen (secondary N) is 3. The molecule has 13 heavy (non-hydrogen) atoms. The molecule has 3 N–H and O–H groups in total. The molecule has 1 fully saturated rings. The summed E-state index contributed by atoms with van der Waals surface area (Å²) in [5, 5.41) is 13.1. The number of hydrogen-bond acceptors (Lipinski definition) is 5. The minimum absolute atomic E-state index is 0.716. The zero-order chi connectivity index (χ0) is 9.10. The van der Waals surface area contributed by atoms with E-state index in [-0.39, 0.29) is 0 Å². The van der Waals surface area contributed by atoms with Gasteiger partial charge in [0.2, 0.25) is 11.9 Å². The lowest BCUT2D eigenvalue weighted by Crippen LogP contribution is -2.44. The van der Waals surface area contributed by atoms with Crippen LogP contribution in [0.1, 0.15) is 0 Å². The van der Waals surface area contributed by atoms with E-state index in [1.165, 1.54) is 0 Å². The molecule has 2 rings (SSSR count). The number of aromatic nitrogens is 3. The summed E-state index contributed by atoms with van der Waals surface area (Å²) in [6, 6.07) is 0. The first-order chi connectivity index (χ1) is 6.40. The maximum atomic E-state index is 4.27. The van der Waals surface area contributed by atoms with Crippen LogP contribution in [0.25, 0.3) is 0 Å². The van der Waals surface area contributed by atoms with Gasteiger partial charge in [0.15, 0.2) is 0 Å². The van der Waals surface area contributed by atoms with Gasteiger partial charge in [0, 0.05) is 33.2 Å². The fraction of sp³-hybridized carbons (Fsp3) is 0.714. The second kappa shape index (κ2) is 3.61. The van der Waals surface area contributed by atoms with Gasteiger partial charge < -0.3 is 15.5 Å². The molecule has 1 aromatic rings. The molecule has 1 aliphatic rings. The van der Waals surface area contributed by atoms with Crippen molar-refractivity contribution in [1.82, 2.24) is 20.5 Å². The van der Waals surface area contributed by atoms with Gasteiger partial charge in [0.1, 0.15) is 0 Å². The molecule has 0 aliphatic carbocycles. The van der Waals surface area contributed by atoms with Crippen LogP contribution in [-0.4, -0.2) is 48.4 Å². The molecule has 1 saturated heterocycles. The number of hydrogen-bond donors (Lipinski definition) is 3. The Labute approximate surface area is 76.7 Å². The van der Waals surface area contributed by atoms with Crippen LogP contribution < -0.4 is 15.5 Å². The van der Waals surface area contributed by atoms with Crippen molar-refractivity contribution in [3.63, 3.8) is 0 Å². The monoisotopic (exact) mass is 182 g/mol. The fourth-order valence-electron chi connectivity index (χ4n) is 1.37. The molecule has 0 aromatic carbocycles. The quantitative estimate of drug-likeness (QED) is 0.562. The number of H-pyrrole nitrogens is 1. The average Bonchev–Trinajstić information content (AvgIpc) is 2.67. The highest BCUT2D eigenvalue weighted by Crippen LogP contribution is 2.09. The molecule has 2 heterocycles. The van der Waals surface area contributed by atoms with Gasteiger partial charge in [0.05, 0.1) is 0 Å². The molecule has 72 valence electrons. The summed E-state index contributed by atoms with van der Waals surface area (Å²) in [7, 11) is 1.82. The second-order valence-corrected chi connectivity index (χ2v) is 2.97. The third-order valence-electron chi connectivity index (χ3n) is 2.11. The predicted molar refractivity (Wildman–Crippen MR) is 51.0 cm³/mol. The first-order valence-corrected chi connectivity index (χ1v) is 4.46. The molecule has 0 bridgehead atoms. The Morgan fingerprint density at radius 1 is 1.38 bits per heavy atom. The predicted octanol–water partition coefficient (Wildman–Crippen LogP) is -0.744. The number of aromatic amines is 1. The number of piperazine rings is 1. The summed E-state index contributed by atoms with van der Waals surface area (Å²) in [5.74, 6) is 1.50. The van der Waals surface area contributed by atoms with Gasteiger partial charge in [-0.15, -0.1) is 5.10 Å². The molecule has 0 spiro atoms. The first-order valence-electron chi connectivity index (χ1n) is 4.46. The van der Waals surface area contributed by atoms with Gasteiger partial charge in [-0.25, -0.2) is 5.10 Å². The van der Waals surface area contributed by atoms with E-state index in [1.807, 2.05) is 7.05 Å². The second-order valence-electron chi connectivity index (χ2n) is 2.97. The van der Waals surface area contributed by atoms with Crippen molar-refractivity contribution in [1.29, 1.82) is 0 Å². The van der Waals surface area contributed by atoms with Gasteiger partial charge in [0.25, 0.3) is 0 Å². The molecule has 6 nitrogen and oxygen atoms in total. The van der Waals surface area contributed by atoms with Crippen LogP contribution in [0.5, 0.6) is 0 Å². The summed E-state index contributed by atoms with van der Waals surface area (Å²) in [4.78, 5) is 6.43. The molecule has 1 aliphatic heterocycles. The molecule has 0 atom stereocenters. The molecule has 6 heteroatoms. The molecule has 1 aromatic heterocycles. The largest absolute Gasteiger partial charge is 0.358 e. The first kappa shape index (κ1) is 8.31. The highest BCUT2D eigenvalue weighted by Gasteiger charge is 2.14. The van der Waals surface area contributed by atoms with Gasteiger partial charge >= 0.3 is 0 Å². The van der Waals surface area contributed by atoms with Crippen LogP contribution in [0.15, 0.2) is 0 Å². The van der Waals surface area contributed by atoms with E-state index >= 15 is 0 Å². The Hall–Kier alpha value is -1.30. The van der Waals surface area contributed by atoms with Crippen molar-refractivity contribution in [2.45, 2.75) is 0 Å². The summed E-state index contributed by atoms with van der Waals surface area (Å²) < 4.78 is 0. The molecule has 0 radical (unpaired) electrons. The van der Waals surface area contributed by atoms with Gasteiger partial charge in [-0.05, 0) is 0 Å². The summed E-state index contributed by atoms with van der Waals surface area (Å²) in [6.45, 7) is 3.95. The Bertz CT molecular complexity index is 264. The van der Waals surface area contributed by atoms with E-state index in [0.717, 1.165) is 32.1 Å². The van der Waals surface area contributed by atoms with Crippen LogP contribution in [0, 0.1) is 0 Å². The minimum Gasteiger partial charge on any atom is -0.358 e. The van der Waals surface area contributed by atoms with Crippen LogP contribution in [-0.2, 0) is 0 Å². The highest BCUT2D eigenvalue weighted by molar-refractivity contribution is 5.36. The van der Waals surface area contributed by atoms with E-state index < -0.39 is 0 Å². The maximum absolute atomic E-state index is 4.27. The minimum atomic E-state index is 0.716. The Morgan fingerprint density at radius 2 is 2.15 bits per heavy atom. The lowest BCUT2D eigenvalue weighted by atomic mass is 10.4. The SMILES string of the molecule is CNc1nc(N2CCNCC2)n[nH]1. The van der Waals surface area contributed by atoms with Crippen LogP contribution in [0.4, 0.5) is 11.9 Å². The fourth-order valence-corrected chi connectivity index (χ4v) is 1.37. The van der Waals surface area contributed by atoms with Crippen molar-refractivity contribution in [2.75, 3.05) is 43.4 Å².